The Balaban J connectivity index is 2.08. The molecule has 0 bridgehead atoms. The molecule has 2 amide bonds. The molecule has 2 aromatic rings. The van der Waals surface area contributed by atoms with Crippen LogP contribution in [0.25, 0.3) is 0 Å². The average molecular weight is 326 g/mol. The third-order valence-corrected chi connectivity index (χ3v) is 3.14. The number of urea groups is 1. The van der Waals surface area contributed by atoms with E-state index in [1.807, 2.05) is 6.92 Å². The predicted octanol–water partition coefficient (Wildman–Crippen LogP) is 5.05. The first-order valence-electron chi connectivity index (χ1n) is 6.83. The Bertz CT molecular complexity index is 713. The van der Waals surface area contributed by atoms with E-state index >= 15 is 0 Å². The Morgan fingerprint density at radius 3 is 2.43 bits per heavy atom. The quantitative estimate of drug-likeness (QED) is 0.761. The molecule has 2 aromatic carbocycles. The van der Waals surface area contributed by atoms with Gasteiger partial charge in [0.05, 0.1) is 11.3 Å². The highest BCUT2D eigenvalue weighted by Gasteiger charge is 2.30. The summed E-state index contributed by atoms with van der Waals surface area (Å²) in [6.07, 6.45) is -3.86. The second-order valence-electron chi connectivity index (χ2n) is 4.83. The van der Waals surface area contributed by atoms with Crippen molar-refractivity contribution in [1.29, 1.82) is 0 Å². The zero-order valence-electron chi connectivity index (χ0n) is 12.2. The minimum absolute atomic E-state index is 0.0390. The Kier molecular flexibility index (Phi) is 4.88. The van der Waals surface area contributed by atoms with Crippen molar-refractivity contribution < 1.29 is 22.4 Å². The van der Waals surface area contributed by atoms with Crippen molar-refractivity contribution in [3.8, 4) is 0 Å². The van der Waals surface area contributed by atoms with Crippen LogP contribution in [0.15, 0.2) is 42.5 Å². The summed E-state index contributed by atoms with van der Waals surface area (Å²) in [6.45, 7) is 1.86. The number of carbonyl (C=O) groups is 1. The Labute approximate surface area is 130 Å². The number of halogens is 4. The van der Waals surface area contributed by atoms with Gasteiger partial charge in [-0.05, 0) is 42.3 Å². The fourth-order valence-corrected chi connectivity index (χ4v) is 1.94. The lowest BCUT2D eigenvalue weighted by Gasteiger charge is -2.11. The van der Waals surface area contributed by atoms with E-state index < -0.39 is 23.6 Å². The topological polar surface area (TPSA) is 41.1 Å². The largest absolute Gasteiger partial charge is 0.416 e. The molecule has 0 saturated heterocycles. The molecular weight excluding hydrogens is 312 g/mol. The molecule has 0 unspecified atom stereocenters. The first kappa shape index (κ1) is 16.8. The number of hydrogen-bond donors (Lipinski definition) is 2. The van der Waals surface area contributed by atoms with Gasteiger partial charge in [0.25, 0.3) is 0 Å². The van der Waals surface area contributed by atoms with Gasteiger partial charge >= 0.3 is 12.2 Å². The molecule has 2 rings (SSSR count). The molecule has 0 heterocycles. The summed E-state index contributed by atoms with van der Waals surface area (Å²) in [6, 6.07) is 7.71. The van der Waals surface area contributed by atoms with Crippen LogP contribution in [0.2, 0.25) is 0 Å². The minimum atomic E-state index is -4.50. The summed E-state index contributed by atoms with van der Waals surface area (Å²) in [5, 5.41) is 4.50. The first-order valence-corrected chi connectivity index (χ1v) is 6.83. The van der Waals surface area contributed by atoms with E-state index in [4.69, 9.17) is 0 Å². The zero-order chi connectivity index (χ0) is 17.0. The van der Waals surface area contributed by atoms with Crippen LogP contribution in [-0.2, 0) is 12.6 Å². The number of hydrogen-bond acceptors (Lipinski definition) is 1. The molecule has 7 heteroatoms. The van der Waals surface area contributed by atoms with Gasteiger partial charge in [0, 0.05) is 5.69 Å². The van der Waals surface area contributed by atoms with Gasteiger partial charge in [-0.25, -0.2) is 9.18 Å². The summed E-state index contributed by atoms with van der Waals surface area (Å²) in [4.78, 5) is 11.8. The zero-order valence-corrected chi connectivity index (χ0v) is 12.2. The van der Waals surface area contributed by atoms with Crippen molar-refractivity contribution in [2.75, 3.05) is 10.6 Å². The molecule has 2 N–H and O–H groups in total. The summed E-state index contributed by atoms with van der Waals surface area (Å²) in [5.74, 6) is -0.608. The van der Waals surface area contributed by atoms with E-state index in [0.717, 1.165) is 17.7 Å². The van der Waals surface area contributed by atoms with Crippen LogP contribution in [0.1, 0.15) is 18.1 Å². The first-order chi connectivity index (χ1) is 10.8. The molecule has 0 atom stereocenters. The molecule has 0 aromatic heterocycles. The third kappa shape index (κ3) is 4.45. The molecule has 0 saturated carbocycles. The highest BCUT2D eigenvalue weighted by molar-refractivity contribution is 5.99. The van der Waals surface area contributed by atoms with Crippen molar-refractivity contribution in [1.82, 2.24) is 0 Å². The van der Waals surface area contributed by atoms with Crippen LogP contribution in [0.4, 0.5) is 33.7 Å². The monoisotopic (exact) mass is 326 g/mol. The fourth-order valence-electron chi connectivity index (χ4n) is 1.94. The highest BCUT2D eigenvalue weighted by atomic mass is 19.4. The van der Waals surface area contributed by atoms with Gasteiger partial charge in [-0.3, -0.25) is 0 Å². The molecular formula is C16H14F4N2O. The number of benzene rings is 2. The Morgan fingerprint density at radius 1 is 1.09 bits per heavy atom. The van der Waals surface area contributed by atoms with Crippen molar-refractivity contribution in [3.05, 3.63) is 59.4 Å². The lowest BCUT2D eigenvalue weighted by Crippen LogP contribution is -2.20. The van der Waals surface area contributed by atoms with Gasteiger partial charge in [0.1, 0.15) is 5.82 Å². The maximum atomic E-state index is 13.8. The van der Waals surface area contributed by atoms with E-state index in [1.54, 1.807) is 6.07 Å². The van der Waals surface area contributed by atoms with Gasteiger partial charge in [-0.15, -0.1) is 0 Å². The van der Waals surface area contributed by atoms with Crippen LogP contribution in [-0.4, -0.2) is 6.03 Å². The van der Waals surface area contributed by atoms with Crippen molar-refractivity contribution in [3.63, 3.8) is 0 Å². The van der Waals surface area contributed by atoms with Crippen LogP contribution < -0.4 is 10.6 Å². The van der Waals surface area contributed by atoms with Gasteiger partial charge in [-0.1, -0.05) is 19.1 Å². The summed E-state index contributed by atoms with van der Waals surface area (Å²) in [5.41, 5.74) is -0.199. The minimum Gasteiger partial charge on any atom is -0.308 e. The van der Waals surface area contributed by atoms with E-state index in [-0.39, 0.29) is 11.4 Å². The normalized spacial score (nSPS) is 11.2. The van der Waals surface area contributed by atoms with E-state index in [1.165, 1.54) is 24.3 Å². The molecule has 0 aliphatic heterocycles. The maximum absolute atomic E-state index is 13.8. The predicted molar refractivity (Wildman–Crippen MR) is 79.9 cm³/mol. The maximum Gasteiger partial charge on any atom is 0.416 e. The summed E-state index contributed by atoms with van der Waals surface area (Å²) in [7, 11) is 0. The van der Waals surface area contributed by atoms with E-state index in [2.05, 4.69) is 10.6 Å². The number of amides is 2. The molecule has 0 fully saturated rings. The van der Waals surface area contributed by atoms with Crippen molar-refractivity contribution >= 4 is 17.4 Å². The number of aryl methyl sites for hydroxylation is 1. The number of carbonyl (C=O) groups excluding carboxylic acids is 1. The molecule has 0 aliphatic rings. The van der Waals surface area contributed by atoms with Crippen LogP contribution in [0, 0.1) is 5.82 Å². The fraction of sp³-hybridized carbons (Fsp3) is 0.188. The molecule has 0 spiro atoms. The van der Waals surface area contributed by atoms with Gasteiger partial charge in [0.15, 0.2) is 0 Å². The van der Waals surface area contributed by atoms with Gasteiger partial charge in [0.2, 0.25) is 0 Å². The van der Waals surface area contributed by atoms with Crippen molar-refractivity contribution in [2.45, 2.75) is 19.5 Å². The number of alkyl halides is 3. The second kappa shape index (κ2) is 6.68. The standard InChI is InChI=1S/C16H14F4N2O/c1-2-10-6-7-14(13(17)8-10)22-15(23)21-12-5-3-4-11(9-12)16(18,19)20/h3-9H,2H2,1H3,(H2,21,22,23). The molecule has 122 valence electrons. The summed E-state index contributed by atoms with van der Waals surface area (Å²) < 4.78 is 51.6. The SMILES string of the molecule is CCc1ccc(NC(=O)Nc2cccc(C(F)(F)F)c2)c(F)c1. The Morgan fingerprint density at radius 2 is 1.83 bits per heavy atom. The van der Waals surface area contributed by atoms with E-state index in [9.17, 15) is 22.4 Å². The van der Waals surface area contributed by atoms with Crippen molar-refractivity contribution in [2.24, 2.45) is 0 Å². The molecule has 0 radical (unpaired) electrons. The molecule has 23 heavy (non-hydrogen) atoms. The Hall–Kier alpha value is -2.57. The van der Waals surface area contributed by atoms with Crippen LogP contribution >= 0.6 is 0 Å². The highest BCUT2D eigenvalue weighted by Crippen LogP contribution is 2.30. The van der Waals surface area contributed by atoms with Gasteiger partial charge in [-0.2, -0.15) is 13.2 Å². The van der Waals surface area contributed by atoms with Gasteiger partial charge < -0.3 is 10.6 Å². The number of rotatable bonds is 3. The summed E-state index contributed by atoms with van der Waals surface area (Å²) >= 11 is 0. The molecule has 0 aliphatic carbocycles. The van der Waals surface area contributed by atoms with E-state index in [0.29, 0.717) is 6.42 Å². The molecule has 3 nitrogen and oxygen atoms in total. The lowest BCUT2D eigenvalue weighted by atomic mass is 10.1. The lowest BCUT2D eigenvalue weighted by molar-refractivity contribution is -0.137. The second-order valence-corrected chi connectivity index (χ2v) is 4.83. The van der Waals surface area contributed by atoms with Crippen LogP contribution in [0.5, 0.6) is 0 Å². The average Bonchev–Trinajstić information content (AvgIpc) is 2.48. The number of anilines is 2. The van der Waals surface area contributed by atoms with Crippen LogP contribution in [0.3, 0.4) is 0 Å². The third-order valence-electron chi connectivity index (χ3n) is 3.14. The number of nitrogens with one attached hydrogen (secondary N) is 2. The smallest absolute Gasteiger partial charge is 0.308 e.